The minimum Gasteiger partial charge on any atom is -0.208 e. The summed E-state index contributed by atoms with van der Waals surface area (Å²) in [6, 6.07) is 0. The van der Waals surface area contributed by atoms with Crippen LogP contribution in [0.5, 0.6) is 0 Å². The lowest BCUT2D eigenvalue weighted by Gasteiger charge is -1.91. The molecule has 2 nitrogen and oxygen atoms in total. The maximum atomic E-state index is 11.5. The molecule has 5 heteroatoms. The van der Waals surface area contributed by atoms with Crippen LogP contribution in [0.2, 0.25) is 0 Å². The van der Waals surface area contributed by atoms with Crippen molar-refractivity contribution in [3.8, 4) is 0 Å². The average molecular weight is 183 g/mol. The van der Waals surface area contributed by atoms with Gasteiger partial charge in [0.05, 0.1) is 0 Å². The summed E-state index contributed by atoms with van der Waals surface area (Å²) in [5.41, 5.74) is 0.754. The monoisotopic (exact) mass is 182 g/mol. The van der Waals surface area contributed by atoms with Gasteiger partial charge >= 0.3 is 0 Å². The van der Waals surface area contributed by atoms with E-state index in [4.69, 9.17) is 11.6 Å². The summed E-state index contributed by atoms with van der Waals surface area (Å²) in [5, 5.41) is 6.70. The molecule has 0 aromatic rings. The molecule has 0 bridgehead atoms. The third-order valence-electron chi connectivity index (χ3n) is 0.791. The Labute approximate surface area is 69.0 Å². The van der Waals surface area contributed by atoms with Crippen LogP contribution < -0.4 is 0 Å². The van der Waals surface area contributed by atoms with Gasteiger partial charge in [-0.1, -0.05) is 11.6 Å². The Morgan fingerprint density at radius 2 is 2.00 bits per heavy atom. The molecule has 0 N–H and O–H groups in total. The quantitative estimate of drug-likeness (QED) is 0.473. The molecule has 0 aromatic carbocycles. The van der Waals surface area contributed by atoms with Gasteiger partial charge in [-0.25, -0.2) is 8.78 Å². The molecular formula is C6H9ClF2N2. The van der Waals surface area contributed by atoms with Crippen molar-refractivity contribution >= 4 is 11.6 Å². The first-order valence-corrected chi connectivity index (χ1v) is 3.40. The molecule has 0 aliphatic heterocycles. The molecule has 0 radical (unpaired) electrons. The van der Waals surface area contributed by atoms with E-state index in [1.165, 1.54) is 0 Å². The van der Waals surface area contributed by atoms with Crippen molar-refractivity contribution in [1.82, 2.24) is 0 Å². The summed E-state index contributed by atoms with van der Waals surface area (Å²) in [6.45, 7) is 2.86. The first-order chi connectivity index (χ1) is 5.04. The van der Waals surface area contributed by atoms with Gasteiger partial charge in [-0.3, -0.25) is 0 Å². The molecule has 0 spiro atoms. The van der Waals surface area contributed by atoms with Crippen molar-refractivity contribution in [3.05, 3.63) is 10.7 Å². The zero-order valence-electron chi connectivity index (χ0n) is 6.31. The minimum atomic E-state index is -2.46. The van der Waals surface area contributed by atoms with Crippen LogP contribution in [0.25, 0.3) is 0 Å². The molecule has 0 amide bonds. The first-order valence-electron chi connectivity index (χ1n) is 3.02. The molecule has 0 saturated heterocycles. The minimum absolute atomic E-state index is 0.172. The highest BCUT2D eigenvalue weighted by atomic mass is 35.5. The van der Waals surface area contributed by atoms with E-state index in [1.54, 1.807) is 13.8 Å². The Morgan fingerprint density at radius 1 is 1.45 bits per heavy atom. The zero-order chi connectivity index (χ0) is 8.85. The number of nitrogens with zero attached hydrogens (tertiary/aromatic N) is 2. The van der Waals surface area contributed by atoms with Crippen LogP contribution in [-0.2, 0) is 0 Å². The predicted molar refractivity (Wildman–Crippen MR) is 40.0 cm³/mol. The van der Waals surface area contributed by atoms with Gasteiger partial charge in [-0.05, 0) is 19.4 Å². The normalized spacial score (nSPS) is 11.1. The van der Waals surface area contributed by atoms with E-state index < -0.39 is 13.0 Å². The molecule has 0 fully saturated rings. The molecule has 0 aromatic heterocycles. The van der Waals surface area contributed by atoms with Gasteiger partial charge in [0, 0.05) is 0 Å². The number of azo groups is 1. The van der Waals surface area contributed by atoms with Crippen LogP contribution >= 0.6 is 11.6 Å². The fourth-order valence-electron chi connectivity index (χ4n) is 0.265. The highest BCUT2D eigenvalue weighted by molar-refractivity contribution is 6.29. The van der Waals surface area contributed by atoms with Crippen molar-refractivity contribution in [2.45, 2.75) is 20.3 Å². The Balaban J connectivity index is 3.85. The molecular weight excluding hydrogens is 174 g/mol. The number of alkyl halides is 2. The van der Waals surface area contributed by atoms with Gasteiger partial charge < -0.3 is 0 Å². The molecule has 0 heterocycles. The zero-order valence-corrected chi connectivity index (χ0v) is 7.07. The average Bonchev–Trinajstić information content (AvgIpc) is 1.86. The molecule has 11 heavy (non-hydrogen) atoms. The fraction of sp³-hybridized carbons (Fsp3) is 0.667. The SMILES string of the molecule is CC(C)=C(Cl)/N=N\CC(F)F. The van der Waals surface area contributed by atoms with Gasteiger partial charge in [0.1, 0.15) is 11.7 Å². The van der Waals surface area contributed by atoms with E-state index in [2.05, 4.69) is 10.2 Å². The third-order valence-corrected chi connectivity index (χ3v) is 1.24. The van der Waals surface area contributed by atoms with Crippen molar-refractivity contribution in [2.24, 2.45) is 10.2 Å². The van der Waals surface area contributed by atoms with E-state index in [0.717, 1.165) is 5.57 Å². The largest absolute Gasteiger partial charge is 0.259 e. The van der Waals surface area contributed by atoms with Gasteiger partial charge in [0.25, 0.3) is 6.43 Å². The van der Waals surface area contributed by atoms with E-state index in [1.807, 2.05) is 0 Å². The van der Waals surface area contributed by atoms with Crippen LogP contribution in [0.1, 0.15) is 13.8 Å². The lowest BCUT2D eigenvalue weighted by molar-refractivity contribution is 0.157. The number of hydrogen-bond acceptors (Lipinski definition) is 2. The third kappa shape index (κ3) is 5.91. The van der Waals surface area contributed by atoms with Crippen LogP contribution in [0.15, 0.2) is 21.0 Å². The van der Waals surface area contributed by atoms with Crippen LogP contribution in [0, 0.1) is 0 Å². The van der Waals surface area contributed by atoms with Crippen molar-refractivity contribution in [1.29, 1.82) is 0 Å². The number of halogens is 3. The summed E-state index contributed by atoms with van der Waals surface area (Å²) in [4.78, 5) is 0. The second kappa shape index (κ2) is 5.18. The van der Waals surface area contributed by atoms with Crippen LogP contribution in [0.4, 0.5) is 8.78 Å². The first kappa shape index (κ1) is 10.5. The highest BCUT2D eigenvalue weighted by Crippen LogP contribution is 2.10. The Kier molecular flexibility index (Phi) is 4.94. The summed E-state index contributed by atoms with van der Waals surface area (Å²) in [7, 11) is 0. The maximum Gasteiger partial charge on any atom is 0.259 e. The van der Waals surface area contributed by atoms with E-state index in [9.17, 15) is 8.78 Å². The van der Waals surface area contributed by atoms with Crippen molar-refractivity contribution in [2.75, 3.05) is 6.54 Å². The smallest absolute Gasteiger partial charge is 0.208 e. The molecule has 0 atom stereocenters. The predicted octanol–water partition coefficient (Wildman–Crippen LogP) is 3.19. The number of rotatable bonds is 3. The fourth-order valence-corrected chi connectivity index (χ4v) is 0.318. The van der Waals surface area contributed by atoms with Gasteiger partial charge in [-0.2, -0.15) is 5.11 Å². The summed E-state index contributed by atoms with van der Waals surface area (Å²) >= 11 is 5.47. The van der Waals surface area contributed by atoms with E-state index in [-0.39, 0.29) is 5.16 Å². The van der Waals surface area contributed by atoms with Crippen molar-refractivity contribution < 1.29 is 8.78 Å². The number of hydrogen-bond donors (Lipinski definition) is 0. The summed E-state index contributed by atoms with van der Waals surface area (Å²) in [6.07, 6.45) is -2.46. The Hall–Kier alpha value is -0.510. The van der Waals surface area contributed by atoms with Crippen molar-refractivity contribution in [3.63, 3.8) is 0 Å². The highest BCUT2D eigenvalue weighted by Gasteiger charge is 1.98. The maximum absolute atomic E-state index is 11.5. The summed E-state index contributed by atoms with van der Waals surface area (Å²) < 4.78 is 22.9. The number of allylic oxidation sites excluding steroid dienone is 1. The second-order valence-corrected chi connectivity index (χ2v) is 2.46. The van der Waals surface area contributed by atoms with Gasteiger partial charge in [0.2, 0.25) is 0 Å². The summed E-state index contributed by atoms with van der Waals surface area (Å²) in [5.74, 6) is 0. The molecule has 0 unspecified atom stereocenters. The van der Waals surface area contributed by atoms with E-state index in [0.29, 0.717) is 0 Å². The lowest BCUT2D eigenvalue weighted by atomic mass is 10.4. The van der Waals surface area contributed by atoms with Crippen LogP contribution in [0.3, 0.4) is 0 Å². The Morgan fingerprint density at radius 3 is 2.36 bits per heavy atom. The topological polar surface area (TPSA) is 24.7 Å². The Bertz CT molecular complexity index is 173. The molecule has 0 aliphatic carbocycles. The van der Waals surface area contributed by atoms with E-state index >= 15 is 0 Å². The van der Waals surface area contributed by atoms with Gasteiger partial charge in [-0.15, -0.1) is 5.11 Å². The molecule has 64 valence electrons. The van der Waals surface area contributed by atoms with Gasteiger partial charge in [0.15, 0.2) is 0 Å². The lowest BCUT2D eigenvalue weighted by Crippen LogP contribution is -1.93. The van der Waals surface area contributed by atoms with Crippen LogP contribution in [-0.4, -0.2) is 13.0 Å². The standard InChI is InChI=1S/C6H9ClF2N2/c1-4(2)6(7)11-10-3-5(8)9/h5H,3H2,1-2H3/b11-10-. The molecule has 0 saturated carbocycles. The molecule has 0 aliphatic rings. The second-order valence-electron chi connectivity index (χ2n) is 2.11. The molecule has 0 rings (SSSR count).